The first-order valence-electron chi connectivity index (χ1n) is 8.53. The molecule has 2 heterocycles. The van der Waals surface area contributed by atoms with Crippen molar-refractivity contribution in [3.05, 3.63) is 54.2 Å². The molecule has 1 fully saturated rings. The molecule has 0 atom stereocenters. The molecule has 4 nitrogen and oxygen atoms in total. The molecule has 0 aliphatic carbocycles. The lowest BCUT2D eigenvalue weighted by atomic mass is 10.0. The van der Waals surface area contributed by atoms with Gasteiger partial charge in [-0.2, -0.15) is 11.8 Å². The molecule has 1 aliphatic heterocycles. The third-order valence-corrected chi connectivity index (χ3v) is 5.01. The lowest BCUT2D eigenvalue weighted by Gasteiger charge is -2.28. The molecule has 25 heavy (non-hydrogen) atoms. The molecule has 3 aromatic rings. The quantitative estimate of drug-likeness (QED) is 0.710. The van der Waals surface area contributed by atoms with E-state index in [2.05, 4.69) is 59.7 Å². The van der Waals surface area contributed by atoms with Crippen molar-refractivity contribution < 1.29 is 4.74 Å². The number of thioether (sulfide) groups is 1. The maximum atomic E-state index is 5.48. The van der Waals surface area contributed by atoms with Crippen LogP contribution < -0.4 is 4.90 Å². The summed E-state index contributed by atoms with van der Waals surface area (Å²) in [5.74, 6) is 2.70. The van der Waals surface area contributed by atoms with Gasteiger partial charge in [0, 0.05) is 30.5 Å². The molecular weight excluding hydrogens is 330 g/mol. The van der Waals surface area contributed by atoms with Crippen LogP contribution in [0, 0.1) is 0 Å². The van der Waals surface area contributed by atoms with Gasteiger partial charge in [-0.05, 0) is 17.0 Å². The maximum Gasteiger partial charge on any atom is 0.162 e. The predicted octanol–water partition coefficient (Wildman–Crippen LogP) is 4.00. The summed E-state index contributed by atoms with van der Waals surface area (Å²) in [6, 6.07) is 16.9. The molecule has 1 aromatic heterocycles. The van der Waals surface area contributed by atoms with Gasteiger partial charge in [0.25, 0.3) is 0 Å². The van der Waals surface area contributed by atoms with Crippen LogP contribution in [0.3, 0.4) is 0 Å². The number of rotatable bonds is 4. The number of aromatic nitrogens is 2. The Hall–Kier alpha value is -2.11. The molecule has 0 spiro atoms. The lowest BCUT2D eigenvalue weighted by molar-refractivity contribution is 0.122. The SMILES string of the molecule is CSCc1cc(N2CCOCC2)nc(-c2cccc3ccccc23)n1. The third-order valence-electron chi connectivity index (χ3n) is 4.42. The van der Waals surface area contributed by atoms with Crippen LogP contribution in [-0.2, 0) is 10.5 Å². The van der Waals surface area contributed by atoms with Crippen molar-refractivity contribution in [2.75, 3.05) is 37.5 Å². The maximum absolute atomic E-state index is 5.48. The van der Waals surface area contributed by atoms with Crippen LogP contribution in [0.25, 0.3) is 22.2 Å². The molecule has 128 valence electrons. The summed E-state index contributed by atoms with van der Waals surface area (Å²) in [6.45, 7) is 3.27. The number of nitrogens with zero attached hydrogens (tertiary/aromatic N) is 3. The Morgan fingerprint density at radius 1 is 1.04 bits per heavy atom. The van der Waals surface area contributed by atoms with E-state index in [4.69, 9.17) is 14.7 Å². The molecule has 1 aliphatic rings. The van der Waals surface area contributed by atoms with E-state index in [1.807, 2.05) is 0 Å². The van der Waals surface area contributed by atoms with Crippen molar-refractivity contribution >= 4 is 28.4 Å². The van der Waals surface area contributed by atoms with Crippen molar-refractivity contribution in [2.45, 2.75) is 5.75 Å². The first-order valence-corrected chi connectivity index (χ1v) is 9.92. The van der Waals surface area contributed by atoms with Gasteiger partial charge in [0.05, 0.1) is 18.9 Å². The van der Waals surface area contributed by atoms with Crippen molar-refractivity contribution in [1.29, 1.82) is 0 Å². The number of hydrogen-bond donors (Lipinski definition) is 0. The zero-order valence-electron chi connectivity index (χ0n) is 14.3. The first kappa shape index (κ1) is 16.4. The lowest BCUT2D eigenvalue weighted by Crippen LogP contribution is -2.37. The minimum atomic E-state index is 0.755. The molecule has 0 amide bonds. The van der Waals surface area contributed by atoms with Gasteiger partial charge in [0.1, 0.15) is 5.82 Å². The average Bonchev–Trinajstić information content (AvgIpc) is 2.68. The molecule has 5 heteroatoms. The standard InChI is InChI=1S/C20H21N3OS/c1-25-14-16-13-19(23-9-11-24-12-10-23)22-20(21-16)18-8-4-6-15-5-2-3-7-17(15)18/h2-8,13H,9-12,14H2,1H3. The minimum absolute atomic E-state index is 0.755. The summed E-state index contributed by atoms with van der Waals surface area (Å²) in [5.41, 5.74) is 2.17. The second-order valence-corrected chi connectivity index (χ2v) is 6.97. The number of morpholine rings is 1. The van der Waals surface area contributed by atoms with Gasteiger partial charge in [0.15, 0.2) is 5.82 Å². The summed E-state index contributed by atoms with van der Waals surface area (Å²) < 4.78 is 5.48. The highest BCUT2D eigenvalue weighted by Crippen LogP contribution is 2.28. The Bertz CT molecular complexity index is 872. The first-order chi connectivity index (χ1) is 12.3. The summed E-state index contributed by atoms with van der Waals surface area (Å²) in [5, 5.41) is 2.41. The van der Waals surface area contributed by atoms with Crippen LogP contribution >= 0.6 is 11.8 Å². The van der Waals surface area contributed by atoms with E-state index in [0.29, 0.717) is 0 Å². The molecule has 2 aromatic carbocycles. The summed E-state index contributed by atoms with van der Waals surface area (Å²) in [4.78, 5) is 12.1. The van der Waals surface area contributed by atoms with Crippen LogP contribution in [0.4, 0.5) is 5.82 Å². The summed E-state index contributed by atoms with van der Waals surface area (Å²) >= 11 is 1.78. The van der Waals surface area contributed by atoms with E-state index >= 15 is 0 Å². The third kappa shape index (κ3) is 3.48. The molecule has 0 radical (unpaired) electrons. The number of benzene rings is 2. The van der Waals surface area contributed by atoms with Gasteiger partial charge >= 0.3 is 0 Å². The molecule has 0 unspecified atom stereocenters. The smallest absolute Gasteiger partial charge is 0.162 e. The molecule has 1 saturated heterocycles. The molecule has 4 rings (SSSR count). The van der Waals surface area contributed by atoms with Crippen molar-refractivity contribution in [2.24, 2.45) is 0 Å². The molecule has 0 saturated carbocycles. The van der Waals surface area contributed by atoms with Crippen LogP contribution in [0.5, 0.6) is 0 Å². The van der Waals surface area contributed by atoms with Gasteiger partial charge in [-0.1, -0.05) is 42.5 Å². The van der Waals surface area contributed by atoms with Gasteiger partial charge in [0.2, 0.25) is 0 Å². The summed E-state index contributed by atoms with van der Waals surface area (Å²) in [6.07, 6.45) is 2.11. The number of anilines is 1. The Morgan fingerprint density at radius 2 is 1.84 bits per heavy atom. The van der Waals surface area contributed by atoms with E-state index in [-0.39, 0.29) is 0 Å². The normalized spacial score (nSPS) is 14.8. The molecule has 0 bridgehead atoms. The molecule has 0 N–H and O–H groups in total. The minimum Gasteiger partial charge on any atom is -0.378 e. The van der Waals surface area contributed by atoms with Gasteiger partial charge in [-0.15, -0.1) is 0 Å². The van der Waals surface area contributed by atoms with Crippen molar-refractivity contribution in [3.8, 4) is 11.4 Å². The number of ether oxygens (including phenoxy) is 1. The number of fused-ring (bicyclic) bond motifs is 1. The fourth-order valence-electron chi connectivity index (χ4n) is 3.20. The highest BCUT2D eigenvalue weighted by atomic mass is 32.2. The zero-order valence-corrected chi connectivity index (χ0v) is 15.1. The van der Waals surface area contributed by atoms with Crippen molar-refractivity contribution in [3.63, 3.8) is 0 Å². The second kappa shape index (κ2) is 7.42. The Morgan fingerprint density at radius 3 is 2.68 bits per heavy atom. The Labute approximate surface area is 152 Å². The van der Waals surface area contributed by atoms with Crippen LogP contribution in [-0.4, -0.2) is 42.5 Å². The van der Waals surface area contributed by atoms with E-state index in [1.165, 1.54) is 10.8 Å². The van der Waals surface area contributed by atoms with E-state index in [1.54, 1.807) is 11.8 Å². The zero-order chi connectivity index (χ0) is 17.1. The topological polar surface area (TPSA) is 38.2 Å². The van der Waals surface area contributed by atoms with Crippen LogP contribution in [0.1, 0.15) is 5.69 Å². The van der Waals surface area contributed by atoms with E-state index in [9.17, 15) is 0 Å². The Kier molecular flexibility index (Phi) is 4.85. The predicted molar refractivity (Wildman–Crippen MR) is 105 cm³/mol. The van der Waals surface area contributed by atoms with Crippen LogP contribution in [0.2, 0.25) is 0 Å². The largest absolute Gasteiger partial charge is 0.378 e. The monoisotopic (exact) mass is 351 g/mol. The second-order valence-electron chi connectivity index (χ2n) is 6.10. The van der Waals surface area contributed by atoms with Crippen molar-refractivity contribution in [1.82, 2.24) is 9.97 Å². The Balaban J connectivity index is 1.83. The fourth-order valence-corrected chi connectivity index (χ4v) is 3.64. The number of hydrogen-bond acceptors (Lipinski definition) is 5. The molecular formula is C20H21N3OS. The van der Waals surface area contributed by atoms with Crippen LogP contribution in [0.15, 0.2) is 48.5 Å². The summed E-state index contributed by atoms with van der Waals surface area (Å²) in [7, 11) is 0. The average molecular weight is 351 g/mol. The van der Waals surface area contributed by atoms with E-state index in [0.717, 1.165) is 55.0 Å². The van der Waals surface area contributed by atoms with Gasteiger partial charge < -0.3 is 9.64 Å². The highest BCUT2D eigenvalue weighted by molar-refractivity contribution is 7.97. The fraction of sp³-hybridized carbons (Fsp3) is 0.300. The van der Waals surface area contributed by atoms with E-state index < -0.39 is 0 Å². The van der Waals surface area contributed by atoms with Gasteiger partial charge in [-0.3, -0.25) is 0 Å². The van der Waals surface area contributed by atoms with Gasteiger partial charge in [-0.25, -0.2) is 9.97 Å². The highest BCUT2D eigenvalue weighted by Gasteiger charge is 2.16.